The van der Waals surface area contributed by atoms with Crippen molar-refractivity contribution in [1.29, 1.82) is 0 Å². The summed E-state index contributed by atoms with van der Waals surface area (Å²) in [5.41, 5.74) is 3.42. The van der Waals surface area contributed by atoms with Crippen molar-refractivity contribution in [3.8, 4) is 0 Å². The first-order valence-electron chi connectivity index (χ1n) is 5.18. The van der Waals surface area contributed by atoms with E-state index in [1.165, 1.54) is 11.8 Å². The maximum absolute atomic E-state index is 13.1. The molecule has 1 aromatic heterocycles. The zero-order valence-electron chi connectivity index (χ0n) is 9.61. The van der Waals surface area contributed by atoms with E-state index < -0.39 is 0 Å². The predicted molar refractivity (Wildman–Crippen MR) is 61.7 cm³/mol. The van der Waals surface area contributed by atoms with Crippen molar-refractivity contribution in [3.63, 3.8) is 0 Å². The number of aromatic nitrogens is 1. The highest BCUT2D eigenvalue weighted by Gasteiger charge is 2.20. The van der Waals surface area contributed by atoms with Crippen LogP contribution in [0, 0.1) is 12.7 Å². The molecule has 0 aliphatic heterocycles. The zero-order chi connectivity index (χ0) is 11.2. The van der Waals surface area contributed by atoms with Crippen LogP contribution < -0.4 is 0 Å². The van der Waals surface area contributed by atoms with Gasteiger partial charge in [0.2, 0.25) is 0 Å². The molecule has 0 fully saturated rings. The standard InChI is InChI=1S/C13H16FN/c1-8-10-7-9(14)5-6-11(10)15-12(8)13(2,3)4/h5-7,15H,1-4H3. The number of rotatable bonds is 0. The topological polar surface area (TPSA) is 15.8 Å². The Morgan fingerprint density at radius 1 is 1.20 bits per heavy atom. The van der Waals surface area contributed by atoms with Gasteiger partial charge in [0, 0.05) is 22.0 Å². The Labute approximate surface area is 89.3 Å². The normalized spacial score (nSPS) is 12.3. The van der Waals surface area contributed by atoms with E-state index in [9.17, 15) is 4.39 Å². The van der Waals surface area contributed by atoms with Crippen LogP contribution in [0.25, 0.3) is 10.9 Å². The van der Waals surface area contributed by atoms with E-state index in [1.54, 1.807) is 12.1 Å². The maximum atomic E-state index is 13.1. The van der Waals surface area contributed by atoms with Gasteiger partial charge >= 0.3 is 0 Å². The Hall–Kier alpha value is -1.31. The van der Waals surface area contributed by atoms with Gasteiger partial charge in [0.25, 0.3) is 0 Å². The summed E-state index contributed by atoms with van der Waals surface area (Å²) in [5, 5.41) is 0.986. The van der Waals surface area contributed by atoms with Gasteiger partial charge in [0.15, 0.2) is 0 Å². The van der Waals surface area contributed by atoms with E-state index in [4.69, 9.17) is 0 Å². The van der Waals surface area contributed by atoms with Crippen molar-refractivity contribution < 1.29 is 4.39 Å². The smallest absolute Gasteiger partial charge is 0.123 e. The van der Waals surface area contributed by atoms with E-state index in [1.807, 2.05) is 6.92 Å². The van der Waals surface area contributed by atoms with Crippen molar-refractivity contribution in [1.82, 2.24) is 4.98 Å². The Morgan fingerprint density at radius 2 is 1.87 bits per heavy atom. The summed E-state index contributed by atoms with van der Waals surface area (Å²) in [4.78, 5) is 3.36. The van der Waals surface area contributed by atoms with Crippen LogP contribution >= 0.6 is 0 Å². The number of H-pyrrole nitrogens is 1. The first-order chi connectivity index (χ1) is 6.89. The molecule has 0 saturated carbocycles. The molecule has 1 N–H and O–H groups in total. The molecule has 80 valence electrons. The van der Waals surface area contributed by atoms with Crippen molar-refractivity contribution in [2.45, 2.75) is 33.1 Å². The lowest BCUT2D eigenvalue weighted by molar-refractivity contribution is 0.570. The lowest BCUT2D eigenvalue weighted by atomic mass is 9.89. The average Bonchev–Trinajstić information content (AvgIpc) is 2.43. The predicted octanol–water partition coefficient (Wildman–Crippen LogP) is 3.91. The van der Waals surface area contributed by atoms with E-state index >= 15 is 0 Å². The Bertz CT molecular complexity index is 503. The van der Waals surface area contributed by atoms with Gasteiger partial charge in [-0.25, -0.2) is 4.39 Å². The molecule has 0 bridgehead atoms. The number of benzene rings is 1. The van der Waals surface area contributed by atoms with Crippen LogP contribution in [0.2, 0.25) is 0 Å². The van der Waals surface area contributed by atoms with Gasteiger partial charge in [0.05, 0.1) is 0 Å². The van der Waals surface area contributed by atoms with Crippen molar-refractivity contribution >= 4 is 10.9 Å². The molecule has 2 rings (SSSR count). The lowest BCUT2D eigenvalue weighted by Gasteiger charge is -2.17. The minimum atomic E-state index is -0.176. The number of halogens is 1. The molecule has 1 aromatic carbocycles. The van der Waals surface area contributed by atoms with Gasteiger partial charge < -0.3 is 4.98 Å². The van der Waals surface area contributed by atoms with Crippen molar-refractivity contribution in [3.05, 3.63) is 35.3 Å². The first kappa shape index (κ1) is 10.2. The zero-order valence-corrected chi connectivity index (χ0v) is 9.61. The number of hydrogen-bond donors (Lipinski definition) is 1. The SMILES string of the molecule is Cc1c(C(C)(C)C)[nH]c2ccc(F)cc12. The van der Waals surface area contributed by atoms with Crippen LogP contribution in [0.15, 0.2) is 18.2 Å². The molecule has 0 amide bonds. The molecule has 0 atom stereocenters. The number of hydrogen-bond acceptors (Lipinski definition) is 0. The monoisotopic (exact) mass is 205 g/mol. The van der Waals surface area contributed by atoms with Crippen LogP contribution in [0.4, 0.5) is 4.39 Å². The second-order valence-corrected chi connectivity index (χ2v) is 5.06. The molecule has 0 unspecified atom stereocenters. The molecule has 0 aliphatic carbocycles. The van der Waals surface area contributed by atoms with Gasteiger partial charge in [-0.1, -0.05) is 20.8 Å². The van der Waals surface area contributed by atoms with E-state index in [0.29, 0.717) is 0 Å². The van der Waals surface area contributed by atoms with Crippen molar-refractivity contribution in [2.24, 2.45) is 0 Å². The summed E-state index contributed by atoms with van der Waals surface area (Å²) in [6, 6.07) is 4.88. The second-order valence-electron chi connectivity index (χ2n) is 5.06. The fourth-order valence-corrected chi connectivity index (χ4v) is 2.05. The van der Waals surface area contributed by atoms with Gasteiger partial charge in [0.1, 0.15) is 5.82 Å². The molecular formula is C13H16FN. The summed E-state index contributed by atoms with van der Waals surface area (Å²) >= 11 is 0. The minimum absolute atomic E-state index is 0.0690. The highest BCUT2D eigenvalue weighted by molar-refractivity contribution is 5.84. The third-order valence-electron chi connectivity index (χ3n) is 2.77. The third-order valence-corrected chi connectivity index (χ3v) is 2.77. The summed E-state index contributed by atoms with van der Waals surface area (Å²) in [6.45, 7) is 8.50. The Kier molecular flexibility index (Phi) is 2.10. The molecule has 1 heterocycles. The molecule has 2 heteroatoms. The molecule has 0 aliphatic rings. The summed E-state index contributed by atoms with van der Waals surface area (Å²) < 4.78 is 13.1. The number of nitrogens with one attached hydrogen (secondary N) is 1. The van der Waals surface area contributed by atoms with Crippen molar-refractivity contribution in [2.75, 3.05) is 0 Å². The molecule has 1 nitrogen and oxygen atoms in total. The van der Waals surface area contributed by atoms with E-state index in [2.05, 4.69) is 25.8 Å². The fraction of sp³-hybridized carbons (Fsp3) is 0.385. The summed E-state index contributed by atoms with van der Waals surface area (Å²) in [6.07, 6.45) is 0. The fourth-order valence-electron chi connectivity index (χ4n) is 2.05. The summed E-state index contributed by atoms with van der Waals surface area (Å²) in [5.74, 6) is -0.176. The lowest BCUT2D eigenvalue weighted by Crippen LogP contribution is -2.12. The molecule has 0 radical (unpaired) electrons. The van der Waals surface area contributed by atoms with E-state index in [-0.39, 0.29) is 11.2 Å². The number of aryl methyl sites for hydroxylation is 1. The highest BCUT2D eigenvalue weighted by atomic mass is 19.1. The molecule has 15 heavy (non-hydrogen) atoms. The van der Waals surface area contributed by atoms with Gasteiger partial charge in [-0.2, -0.15) is 0 Å². The molecule has 0 spiro atoms. The maximum Gasteiger partial charge on any atom is 0.123 e. The van der Waals surface area contributed by atoms with Crippen LogP contribution in [0.3, 0.4) is 0 Å². The van der Waals surface area contributed by atoms with Crippen LogP contribution in [-0.4, -0.2) is 4.98 Å². The quantitative estimate of drug-likeness (QED) is 0.671. The van der Waals surface area contributed by atoms with Crippen LogP contribution in [0.5, 0.6) is 0 Å². The third kappa shape index (κ3) is 1.65. The largest absolute Gasteiger partial charge is 0.358 e. The second kappa shape index (κ2) is 3.09. The highest BCUT2D eigenvalue weighted by Crippen LogP contribution is 2.30. The van der Waals surface area contributed by atoms with Gasteiger partial charge in [-0.05, 0) is 30.7 Å². The average molecular weight is 205 g/mol. The Morgan fingerprint density at radius 3 is 2.47 bits per heavy atom. The minimum Gasteiger partial charge on any atom is -0.358 e. The Balaban J connectivity index is 2.76. The number of aromatic amines is 1. The van der Waals surface area contributed by atoms with Crippen LogP contribution in [-0.2, 0) is 5.41 Å². The molecule has 2 aromatic rings. The number of fused-ring (bicyclic) bond motifs is 1. The summed E-state index contributed by atoms with van der Waals surface area (Å²) in [7, 11) is 0. The molecule has 0 saturated heterocycles. The van der Waals surface area contributed by atoms with Gasteiger partial charge in [-0.3, -0.25) is 0 Å². The first-order valence-corrected chi connectivity index (χ1v) is 5.18. The van der Waals surface area contributed by atoms with E-state index in [0.717, 1.165) is 16.5 Å². The van der Waals surface area contributed by atoms with Gasteiger partial charge in [-0.15, -0.1) is 0 Å². The molecular weight excluding hydrogens is 189 g/mol. The van der Waals surface area contributed by atoms with Crippen LogP contribution in [0.1, 0.15) is 32.0 Å².